The number of aryl methyl sites for hydroxylation is 1. The van der Waals surface area contributed by atoms with E-state index in [1.165, 1.54) is 4.31 Å². The quantitative estimate of drug-likeness (QED) is 0.843. The molecule has 0 aromatic heterocycles. The molecule has 1 aliphatic rings. The molecule has 0 unspecified atom stereocenters. The van der Waals surface area contributed by atoms with Crippen LogP contribution in [0.4, 0.5) is 5.69 Å². The van der Waals surface area contributed by atoms with Crippen LogP contribution in [0.2, 0.25) is 0 Å². The van der Waals surface area contributed by atoms with Crippen LogP contribution in [0.1, 0.15) is 18.4 Å². The number of piperidine rings is 1. The zero-order chi connectivity index (χ0) is 15.6. The maximum Gasteiger partial charge on any atom is 0.306 e. The smallest absolute Gasteiger partial charge is 0.306 e. The maximum atomic E-state index is 12.3. The van der Waals surface area contributed by atoms with Crippen LogP contribution in [0.15, 0.2) is 22.7 Å². The van der Waals surface area contributed by atoms with E-state index in [1.54, 1.807) is 12.1 Å². The van der Waals surface area contributed by atoms with Gasteiger partial charge in [-0.15, -0.1) is 0 Å². The van der Waals surface area contributed by atoms with Crippen molar-refractivity contribution in [1.29, 1.82) is 0 Å². The Morgan fingerprint density at radius 2 is 2.00 bits per heavy atom. The molecule has 0 bridgehead atoms. The number of benzene rings is 1. The summed E-state index contributed by atoms with van der Waals surface area (Å²) in [5, 5.41) is 8.93. The number of anilines is 1. The molecule has 1 aromatic carbocycles. The van der Waals surface area contributed by atoms with Gasteiger partial charge in [0, 0.05) is 17.6 Å². The first-order valence-corrected chi connectivity index (χ1v) is 8.80. The van der Waals surface area contributed by atoms with E-state index in [0.29, 0.717) is 18.5 Å². The lowest BCUT2D eigenvalue weighted by molar-refractivity contribution is -0.142. The fraction of sp³-hybridized carbons (Fsp3) is 0.462. The van der Waals surface area contributed by atoms with Crippen LogP contribution in [-0.4, -0.2) is 36.9 Å². The van der Waals surface area contributed by atoms with Crippen LogP contribution in [0, 0.1) is 12.8 Å². The highest BCUT2D eigenvalue weighted by atomic mass is 79.9. The van der Waals surface area contributed by atoms with E-state index in [2.05, 4.69) is 20.7 Å². The van der Waals surface area contributed by atoms with Crippen LogP contribution >= 0.6 is 15.9 Å². The topological polar surface area (TPSA) is 86.7 Å². The van der Waals surface area contributed by atoms with E-state index in [-0.39, 0.29) is 13.1 Å². The van der Waals surface area contributed by atoms with Gasteiger partial charge < -0.3 is 5.11 Å². The molecule has 2 N–H and O–H groups in total. The van der Waals surface area contributed by atoms with Gasteiger partial charge in [0.25, 0.3) is 0 Å². The second-order valence-corrected chi connectivity index (χ2v) is 7.61. The van der Waals surface area contributed by atoms with E-state index in [4.69, 9.17) is 5.11 Å². The van der Waals surface area contributed by atoms with Crippen LogP contribution in [0.3, 0.4) is 0 Å². The largest absolute Gasteiger partial charge is 0.481 e. The lowest BCUT2D eigenvalue weighted by Gasteiger charge is -2.29. The number of carboxylic acids is 1. The highest BCUT2D eigenvalue weighted by Crippen LogP contribution is 2.24. The standard InChI is InChI=1S/C13H17BrN2O4S/c1-9-2-3-11(8-12(9)14)15-21(19,20)16-6-4-10(5-7-16)13(17)18/h2-3,8,10,15H,4-7H2,1H3,(H,17,18). The summed E-state index contributed by atoms with van der Waals surface area (Å²) in [4.78, 5) is 10.9. The zero-order valence-corrected chi connectivity index (χ0v) is 13.9. The van der Waals surface area contributed by atoms with Gasteiger partial charge >= 0.3 is 16.2 Å². The summed E-state index contributed by atoms with van der Waals surface area (Å²) in [7, 11) is -3.65. The van der Waals surface area contributed by atoms with E-state index in [9.17, 15) is 13.2 Å². The second kappa shape index (κ2) is 6.33. The Labute approximate surface area is 132 Å². The van der Waals surface area contributed by atoms with Gasteiger partial charge in [-0.3, -0.25) is 9.52 Å². The van der Waals surface area contributed by atoms with Gasteiger partial charge in [0.15, 0.2) is 0 Å². The lowest BCUT2D eigenvalue weighted by Crippen LogP contribution is -2.42. The van der Waals surface area contributed by atoms with Crippen molar-refractivity contribution < 1.29 is 18.3 Å². The molecular formula is C13H17BrN2O4S. The first kappa shape index (κ1) is 16.3. The molecule has 1 aliphatic heterocycles. The van der Waals surface area contributed by atoms with Crippen molar-refractivity contribution in [2.75, 3.05) is 17.8 Å². The number of rotatable bonds is 4. The normalized spacial score (nSPS) is 17.6. The number of halogens is 1. The highest BCUT2D eigenvalue weighted by Gasteiger charge is 2.30. The third-order valence-corrected chi connectivity index (χ3v) is 5.95. The summed E-state index contributed by atoms with van der Waals surface area (Å²) in [6, 6.07) is 5.22. The van der Waals surface area contributed by atoms with E-state index in [1.807, 2.05) is 13.0 Å². The van der Waals surface area contributed by atoms with Crippen LogP contribution < -0.4 is 4.72 Å². The average molecular weight is 377 g/mol. The number of carbonyl (C=O) groups is 1. The molecule has 1 fully saturated rings. The Morgan fingerprint density at radius 1 is 1.38 bits per heavy atom. The second-order valence-electron chi connectivity index (χ2n) is 5.08. The summed E-state index contributed by atoms with van der Waals surface area (Å²) in [6.45, 7) is 2.36. The predicted molar refractivity (Wildman–Crippen MR) is 83.4 cm³/mol. The number of hydrogen-bond acceptors (Lipinski definition) is 3. The molecule has 21 heavy (non-hydrogen) atoms. The van der Waals surface area contributed by atoms with Crippen LogP contribution in [0.25, 0.3) is 0 Å². The number of nitrogens with one attached hydrogen (secondary N) is 1. The first-order valence-electron chi connectivity index (χ1n) is 6.56. The van der Waals surface area contributed by atoms with Crippen molar-refractivity contribution in [3.05, 3.63) is 28.2 Å². The Morgan fingerprint density at radius 3 is 2.52 bits per heavy atom. The summed E-state index contributed by atoms with van der Waals surface area (Å²) in [5.74, 6) is -1.31. The molecular weight excluding hydrogens is 360 g/mol. The lowest BCUT2D eigenvalue weighted by atomic mass is 9.99. The monoisotopic (exact) mass is 376 g/mol. The number of nitrogens with zero attached hydrogens (tertiary/aromatic N) is 1. The van der Waals surface area contributed by atoms with Gasteiger partial charge in [0.2, 0.25) is 0 Å². The summed E-state index contributed by atoms with van der Waals surface area (Å²) in [5.41, 5.74) is 1.49. The average Bonchev–Trinajstić information content (AvgIpc) is 2.43. The minimum atomic E-state index is -3.65. The van der Waals surface area contributed by atoms with E-state index >= 15 is 0 Å². The third-order valence-electron chi connectivity index (χ3n) is 3.56. The van der Waals surface area contributed by atoms with E-state index in [0.717, 1.165) is 10.0 Å². The zero-order valence-electron chi connectivity index (χ0n) is 11.5. The van der Waals surface area contributed by atoms with Crippen molar-refractivity contribution in [3.63, 3.8) is 0 Å². The van der Waals surface area contributed by atoms with Gasteiger partial charge in [-0.2, -0.15) is 12.7 Å². The van der Waals surface area contributed by atoms with E-state index < -0.39 is 22.1 Å². The van der Waals surface area contributed by atoms with Gasteiger partial charge in [-0.25, -0.2) is 0 Å². The molecule has 1 heterocycles. The van der Waals surface area contributed by atoms with Gasteiger partial charge in [-0.05, 0) is 37.5 Å². The summed E-state index contributed by atoms with van der Waals surface area (Å²) in [6.07, 6.45) is 0.682. The Kier molecular flexibility index (Phi) is 4.90. The van der Waals surface area contributed by atoms with Crippen LogP contribution in [0.5, 0.6) is 0 Å². The molecule has 0 amide bonds. The fourth-order valence-corrected chi connectivity index (χ4v) is 3.84. The van der Waals surface area contributed by atoms with Gasteiger partial charge in [0.05, 0.1) is 11.6 Å². The van der Waals surface area contributed by atoms with Crippen molar-refractivity contribution in [2.45, 2.75) is 19.8 Å². The number of carboxylic acid groups (broad SMARTS) is 1. The molecule has 116 valence electrons. The molecule has 1 aromatic rings. The number of hydrogen-bond donors (Lipinski definition) is 2. The first-order chi connectivity index (χ1) is 9.79. The molecule has 2 rings (SSSR count). The fourth-order valence-electron chi connectivity index (χ4n) is 2.21. The van der Waals surface area contributed by atoms with Crippen molar-refractivity contribution in [1.82, 2.24) is 4.31 Å². The summed E-state index contributed by atoms with van der Waals surface area (Å²) < 4.78 is 29.2. The minimum Gasteiger partial charge on any atom is -0.481 e. The van der Waals surface area contributed by atoms with Crippen molar-refractivity contribution in [3.8, 4) is 0 Å². The maximum absolute atomic E-state index is 12.3. The van der Waals surface area contributed by atoms with Gasteiger partial charge in [0.1, 0.15) is 0 Å². The molecule has 0 atom stereocenters. The Balaban J connectivity index is 2.05. The third kappa shape index (κ3) is 3.96. The Bertz CT molecular complexity index is 640. The van der Waals surface area contributed by atoms with Crippen molar-refractivity contribution in [2.24, 2.45) is 5.92 Å². The molecule has 6 nitrogen and oxygen atoms in total. The number of aliphatic carboxylic acids is 1. The highest BCUT2D eigenvalue weighted by molar-refractivity contribution is 9.10. The molecule has 8 heteroatoms. The molecule has 1 saturated heterocycles. The Hall–Kier alpha value is -1.12. The summed E-state index contributed by atoms with van der Waals surface area (Å²) >= 11 is 3.36. The predicted octanol–water partition coefficient (Wildman–Crippen LogP) is 2.21. The minimum absolute atomic E-state index is 0.222. The molecule has 0 radical (unpaired) electrons. The van der Waals surface area contributed by atoms with Crippen LogP contribution in [-0.2, 0) is 15.0 Å². The van der Waals surface area contributed by atoms with Gasteiger partial charge in [-0.1, -0.05) is 22.0 Å². The SMILES string of the molecule is Cc1ccc(NS(=O)(=O)N2CCC(C(=O)O)CC2)cc1Br. The molecule has 0 aliphatic carbocycles. The molecule has 0 saturated carbocycles. The van der Waals surface area contributed by atoms with Crippen molar-refractivity contribution >= 4 is 37.8 Å². The molecule has 0 spiro atoms.